The van der Waals surface area contributed by atoms with Crippen LogP contribution in [0.5, 0.6) is 0 Å². The Morgan fingerprint density at radius 3 is 2.83 bits per heavy atom. The fraction of sp³-hybridized carbons (Fsp3) is 0.222. The van der Waals surface area contributed by atoms with Crippen LogP contribution in [-0.4, -0.2) is 42.1 Å². The number of nitrogens with zero attached hydrogens (tertiary/aromatic N) is 2. The maximum absolute atomic E-state index is 12.7. The molecule has 1 amide bonds. The number of rotatable bonds is 2. The first-order chi connectivity index (χ1) is 11.7. The summed E-state index contributed by atoms with van der Waals surface area (Å²) in [6.07, 6.45) is 1.76. The fourth-order valence-corrected chi connectivity index (χ4v) is 3.42. The standard InChI is InChI=1S/C18H15IN2O3/c19-16-11-15-17(24-16)14(4-5-20-15)12-2-1-3-13(10-12)18(22)21-6-8-23-9-7-21/h1-5,10-11H,6-9H2. The number of pyridine rings is 1. The molecule has 5 nitrogen and oxygen atoms in total. The first kappa shape index (κ1) is 15.6. The quantitative estimate of drug-likeness (QED) is 0.579. The van der Waals surface area contributed by atoms with Crippen LogP contribution >= 0.6 is 22.6 Å². The molecular formula is C18H15IN2O3. The van der Waals surface area contributed by atoms with E-state index in [2.05, 4.69) is 27.6 Å². The van der Waals surface area contributed by atoms with Gasteiger partial charge in [-0.05, 0) is 46.4 Å². The third kappa shape index (κ3) is 2.91. The van der Waals surface area contributed by atoms with Crippen LogP contribution in [0.25, 0.3) is 22.2 Å². The Morgan fingerprint density at radius 2 is 2.00 bits per heavy atom. The van der Waals surface area contributed by atoms with Crippen molar-refractivity contribution in [2.75, 3.05) is 26.3 Å². The first-order valence-corrected chi connectivity index (χ1v) is 8.82. The molecule has 1 aromatic carbocycles. The molecule has 2 aromatic heterocycles. The maximum Gasteiger partial charge on any atom is 0.254 e. The van der Waals surface area contributed by atoms with Gasteiger partial charge in [-0.2, -0.15) is 0 Å². The molecule has 6 heteroatoms. The Bertz CT molecular complexity index is 900. The molecule has 24 heavy (non-hydrogen) atoms. The second kappa shape index (κ2) is 6.52. The van der Waals surface area contributed by atoms with Gasteiger partial charge in [0, 0.05) is 36.5 Å². The average Bonchev–Trinajstić information content (AvgIpc) is 3.02. The van der Waals surface area contributed by atoms with Crippen molar-refractivity contribution < 1.29 is 13.9 Å². The highest BCUT2D eigenvalue weighted by molar-refractivity contribution is 14.1. The highest BCUT2D eigenvalue weighted by Gasteiger charge is 2.19. The first-order valence-electron chi connectivity index (χ1n) is 7.74. The summed E-state index contributed by atoms with van der Waals surface area (Å²) in [5, 5.41) is 0. The van der Waals surface area contributed by atoms with Crippen LogP contribution in [0.15, 0.2) is 47.0 Å². The Morgan fingerprint density at radius 1 is 1.17 bits per heavy atom. The van der Waals surface area contributed by atoms with Gasteiger partial charge in [-0.3, -0.25) is 9.78 Å². The van der Waals surface area contributed by atoms with Gasteiger partial charge < -0.3 is 14.1 Å². The Labute approximate surface area is 152 Å². The Hall–Kier alpha value is -1.93. The number of hydrogen-bond acceptors (Lipinski definition) is 4. The normalized spacial score (nSPS) is 15.0. The second-order valence-electron chi connectivity index (χ2n) is 5.61. The van der Waals surface area contributed by atoms with E-state index >= 15 is 0 Å². The molecule has 1 saturated heterocycles. The second-order valence-corrected chi connectivity index (χ2v) is 6.67. The highest BCUT2D eigenvalue weighted by Crippen LogP contribution is 2.30. The molecule has 0 atom stereocenters. The lowest BCUT2D eigenvalue weighted by atomic mass is 10.0. The molecule has 0 N–H and O–H groups in total. The molecule has 3 heterocycles. The molecule has 4 rings (SSSR count). The van der Waals surface area contributed by atoms with E-state index in [1.165, 1.54) is 0 Å². The SMILES string of the molecule is O=C(c1cccc(-c2ccnc3cc(I)oc23)c1)N1CCOCC1. The van der Waals surface area contributed by atoms with Gasteiger partial charge in [-0.1, -0.05) is 12.1 Å². The van der Waals surface area contributed by atoms with Crippen molar-refractivity contribution in [1.82, 2.24) is 9.88 Å². The van der Waals surface area contributed by atoms with Crippen molar-refractivity contribution in [3.63, 3.8) is 0 Å². The monoisotopic (exact) mass is 434 g/mol. The number of amides is 1. The van der Waals surface area contributed by atoms with Crippen molar-refractivity contribution in [3.05, 3.63) is 51.9 Å². The Balaban J connectivity index is 1.72. The minimum atomic E-state index is 0.0412. The van der Waals surface area contributed by atoms with E-state index in [9.17, 15) is 4.79 Å². The lowest BCUT2D eigenvalue weighted by molar-refractivity contribution is 0.0303. The molecule has 122 valence electrons. The minimum Gasteiger partial charge on any atom is -0.448 e. The third-order valence-electron chi connectivity index (χ3n) is 4.10. The van der Waals surface area contributed by atoms with Crippen LogP contribution in [0.3, 0.4) is 0 Å². The lowest BCUT2D eigenvalue weighted by Gasteiger charge is -2.27. The number of ether oxygens (including phenoxy) is 1. The number of aromatic nitrogens is 1. The highest BCUT2D eigenvalue weighted by atomic mass is 127. The van der Waals surface area contributed by atoms with Crippen LogP contribution in [0, 0.1) is 3.77 Å². The molecule has 0 saturated carbocycles. The van der Waals surface area contributed by atoms with Gasteiger partial charge in [0.15, 0.2) is 9.35 Å². The summed E-state index contributed by atoms with van der Waals surface area (Å²) in [5.74, 6) is 0.0412. The van der Waals surface area contributed by atoms with E-state index in [-0.39, 0.29) is 5.91 Å². The molecule has 0 spiro atoms. The largest absolute Gasteiger partial charge is 0.448 e. The maximum atomic E-state index is 12.7. The molecule has 1 aliphatic rings. The van der Waals surface area contributed by atoms with E-state index in [0.29, 0.717) is 31.9 Å². The molecule has 0 aliphatic carbocycles. The summed E-state index contributed by atoms with van der Waals surface area (Å²) in [5.41, 5.74) is 4.15. The van der Waals surface area contributed by atoms with Crippen molar-refractivity contribution in [1.29, 1.82) is 0 Å². The van der Waals surface area contributed by atoms with E-state index in [4.69, 9.17) is 9.15 Å². The number of benzene rings is 1. The van der Waals surface area contributed by atoms with E-state index in [0.717, 1.165) is 26.0 Å². The van der Waals surface area contributed by atoms with Gasteiger partial charge in [-0.25, -0.2) is 0 Å². The van der Waals surface area contributed by atoms with Crippen molar-refractivity contribution in [2.24, 2.45) is 0 Å². The summed E-state index contributed by atoms with van der Waals surface area (Å²) in [4.78, 5) is 18.8. The van der Waals surface area contributed by atoms with Gasteiger partial charge in [0.1, 0.15) is 5.52 Å². The zero-order valence-corrected chi connectivity index (χ0v) is 15.0. The van der Waals surface area contributed by atoms with E-state index in [1.54, 1.807) is 6.20 Å². The fourth-order valence-electron chi connectivity index (χ4n) is 2.91. The number of hydrogen-bond donors (Lipinski definition) is 0. The Kier molecular flexibility index (Phi) is 4.24. The molecule has 0 bridgehead atoms. The number of fused-ring (bicyclic) bond motifs is 1. The predicted molar refractivity (Wildman–Crippen MR) is 98.9 cm³/mol. The number of furan rings is 1. The smallest absolute Gasteiger partial charge is 0.254 e. The van der Waals surface area contributed by atoms with Gasteiger partial charge in [-0.15, -0.1) is 0 Å². The lowest BCUT2D eigenvalue weighted by Crippen LogP contribution is -2.40. The minimum absolute atomic E-state index is 0.0412. The number of carbonyl (C=O) groups excluding carboxylic acids is 1. The van der Waals surface area contributed by atoms with Gasteiger partial charge >= 0.3 is 0 Å². The molecule has 3 aromatic rings. The molecule has 1 fully saturated rings. The number of carbonyl (C=O) groups is 1. The molecular weight excluding hydrogens is 419 g/mol. The van der Waals surface area contributed by atoms with E-state index < -0.39 is 0 Å². The molecule has 0 unspecified atom stereocenters. The summed E-state index contributed by atoms with van der Waals surface area (Å²) in [6, 6.07) is 11.5. The van der Waals surface area contributed by atoms with Crippen LogP contribution in [0.2, 0.25) is 0 Å². The van der Waals surface area contributed by atoms with Crippen molar-refractivity contribution >= 4 is 39.6 Å². The zero-order chi connectivity index (χ0) is 16.5. The average molecular weight is 434 g/mol. The van der Waals surface area contributed by atoms with E-state index in [1.807, 2.05) is 41.3 Å². The van der Waals surface area contributed by atoms with Crippen molar-refractivity contribution in [2.45, 2.75) is 0 Å². The number of halogens is 1. The third-order valence-corrected chi connectivity index (χ3v) is 4.63. The van der Waals surface area contributed by atoms with Gasteiger partial charge in [0.05, 0.1) is 13.2 Å². The molecule has 1 aliphatic heterocycles. The summed E-state index contributed by atoms with van der Waals surface area (Å²) >= 11 is 2.14. The molecule has 0 radical (unpaired) electrons. The summed E-state index contributed by atoms with van der Waals surface area (Å²) in [6.45, 7) is 2.47. The number of morpholine rings is 1. The zero-order valence-electron chi connectivity index (χ0n) is 12.9. The van der Waals surface area contributed by atoms with Crippen LogP contribution in [-0.2, 0) is 4.74 Å². The van der Waals surface area contributed by atoms with Crippen LogP contribution in [0.1, 0.15) is 10.4 Å². The van der Waals surface area contributed by atoms with Crippen LogP contribution < -0.4 is 0 Å². The topological polar surface area (TPSA) is 55.6 Å². The van der Waals surface area contributed by atoms with Crippen molar-refractivity contribution in [3.8, 4) is 11.1 Å². The predicted octanol–water partition coefficient (Wildman–Crippen LogP) is 3.57. The summed E-state index contributed by atoms with van der Waals surface area (Å²) < 4.78 is 11.9. The summed E-state index contributed by atoms with van der Waals surface area (Å²) in [7, 11) is 0. The van der Waals surface area contributed by atoms with Gasteiger partial charge in [0.2, 0.25) is 0 Å². The van der Waals surface area contributed by atoms with Crippen LogP contribution in [0.4, 0.5) is 0 Å². The van der Waals surface area contributed by atoms with Gasteiger partial charge in [0.25, 0.3) is 5.91 Å².